The van der Waals surface area contributed by atoms with Gasteiger partial charge in [0.25, 0.3) is 11.5 Å². The van der Waals surface area contributed by atoms with Crippen molar-refractivity contribution in [3.05, 3.63) is 120 Å². The second-order valence-corrected chi connectivity index (χ2v) is 8.60. The standard InChI is InChI=1S/C25H21Cl2N5O3/c1-16-9-10-19(14-21(16)27)32-25(35)31(15-17-6-2-3-8-20(17)26)24(34)22(30-32)23(33)29-13-11-18-7-4-5-12-28-18/h2-10,12,14H,11,13,15H2,1H3,(H,29,33). The van der Waals surface area contributed by atoms with Crippen molar-refractivity contribution in [1.29, 1.82) is 0 Å². The Kier molecular flexibility index (Phi) is 7.43. The van der Waals surface area contributed by atoms with Crippen LogP contribution in [-0.4, -0.2) is 31.8 Å². The van der Waals surface area contributed by atoms with Crippen molar-refractivity contribution in [2.45, 2.75) is 19.9 Å². The number of benzene rings is 2. The number of aryl methyl sites for hydroxylation is 1. The molecule has 0 unspecified atom stereocenters. The van der Waals surface area contributed by atoms with Crippen molar-refractivity contribution in [2.24, 2.45) is 0 Å². The Morgan fingerprint density at radius 3 is 2.49 bits per heavy atom. The van der Waals surface area contributed by atoms with Gasteiger partial charge in [-0.05, 0) is 48.4 Å². The largest absolute Gasteiger partial charge is 0.352 e. The predicted molar refractivity (Wildman–Crippen MR) is 135 cm³/mol. The molecule has 0 fully saturated rings. The Hall–Kier alpha value is -3.75. The lowest BCUT2D eigenvalue weighted by atomic mass is 10.2. The van der Waals surface area contributed by atoms with Gasteiger partial charge in [-0.1, -0.05) is 53.5 Å². The molecule has 2 aromatic heterocycles. The molecular formula is C25H21Cl2N5O3. The molecule has 0 aliphatic rings. The van der Waals surface area contributed by atoms with Crippen LogP contribution < -0.4 is 16.6 Å². The van der Waals surface area contributed by atoms with Crippen LogP contribution in [0.1, 0.15) is 27.3 Å². The third-order valence-electron chi connectivity index (χ3n) is 5.35. The van der Waals surface area contributed by atoms with Crippen LogP contribution in [0.5, 0.6) is 0 Å². The van der Waals surface area contributed by atoms with Gasteiger partial charge in [-0.3, -0.25) is 19.1 Å². The van der Waals surface area contributed by atoms with E-state index in [1.165, 1.54) is 0 Å². The second-order valence-electron chi connectivity index (χ2n) is 7.79. The van der Waals surface area contributed by atoms with Crippen molar-refractivity contribution in [2.75, 3.05) is 6.54 Å². The lowest BCUT2D eigenvalue weighted by molar-refractivity contribution is 0.0944. The van der Waals surface area contributed by atoms with E-state index >= 15 is 0 Å². The molecule has 4 aromatic rings. The summed E-state index contributed by atoms with van der Waals surface area (Å²) in [5.74, 6) is -0.703. The first-order valence-corrected chi connectivity index (χ1v) is 11.5. The second kappa shape index (κ2) is 10.7. The minimum atomic E-state index is -0.820. The van der Waals surface area contributed by atoms with E-state index in [0.717, 1.165) is 20.5 Å². The van der Waals surface area contributed by atoms with Crippen LogP contribution in [-0.2, 0) is 13.0 Å². The molecule has 2 heterocycles. The van der Waals surface area contributed by atoms with Crippen LogP contribution in [0.4, 0.5) is 0 Å². The van der Waals surface area contributed by atoms with Gasteiger partial charge in [0.2, 0.25) is 5.69 Å². The molecule has 0 aliphatic carbocycles. The van der Waals surface area contributed by atoms with Gasteiger partial charge in [0.05, 0.1) is 12.2 Å². The molecule has 8 nitrogen and oxygen atoms in total. The third kappa shape index (κ3) is 5.50. The fourth-order valence-electron chi connectivity index (χ4n) is 3.41. The van der Waals surface area contributed by atoms with Crippen LogP contribution in [0.15, 0.2) is 76.4 Å². The maximum atomic E-state index is 13.3. The number of hydrogen-bond acceptors (Lipinski definition) is 5. The minimum absolute atomic E-state index is 0.131. The van der Waals surface area contributed by atoms with Crippen LogP contribution in [0.25, 0.3) is 5.69 Å². The number of hydrogen-bond donors (Lipinski definition) is 1. The molecule has 0 spiro atoms. The molecule has 1 amide bonds. The summed E-state index contributed by atoms with van der Waals surface area (Å²) in [6.45, 7) is 1.92. The van der Waals surface area contributed by atoms with Crippen molar-refractivity contribution in [3.63, 3.8) is 0 Å². The summed E-state index contributed by atoms with van der Waals surface area (Å²) in [5.41, 5.74) is 0.501. The number of rotatable bonds is 7. The summed E-state index contributed by atoms with van der Waals surface area (Å²) in [7, 11) is 0. The number of aromatic nitrogens is 4. The highest BCUT2D eigenvalue weighted by molar-refractivity contribution is 6.31. The van der Waals surface area contributed by atoms with Gasteiger partial charge in [0.15, 0.2) is 0 Å². The Morgan fingerprint density at radius 1 is 1.00 bits per heavy atom. The van der Waals surface area contributed by atoms with Gasteiger partial charge in [-0.15, -0.1) is 0 Å². The first kappa shape index (κ1) is 24.4. The normalized spacial score (nSPS) is 10.8. The molecule has 0 bridgehead atoms. The van der Waals surface area contributed by atoms with Crippen molar-refractivity contribution in [1.82, 2.24) is 24.6 Å². The van der Waals surface area contributed by atoms with Crippen LogP contribution in [0.3, 0.4) is 0 Å². The van der Waals surface area contributed by atoms with Crippen LogP contribution in [0.2, 0.25) is 10.0 Å². The Labute approximate surface area is 210 Å². The molecule has 0 saturated heterocycles. The van der Waals surface area contributed by atoms with E-state index in [4.69, 9.17) is 23.2 Å². The molecule has 0 aliphatic heterocycles. The molecule has 0 radical (unpaired) electrons. The summed E-state index contributed by atoms with van der Waals surface area (Å²) in [6, 6.07) is 17.3. The highest BCUT2D eigenvalue weighted by Crippen LogP contribution is 2.18. The molecule has 0 saturated carbocycles. The Bertz CT molecular complexity index is 1500. The number of carbonyl (C=O) groups excluding carboxylic acids is 1. The van der Waals surface area contributed by atoms with Crippen molar-refractivity contribution < 1.29 is 4.79 Å². The molecule has 0 atom stereocenters. The maximum Gasteiger partial charge on any atom is 0.352 e. The fourth-order valence-corrected chi connectivity index (χ4v) is 3.78. The number of amides is 1. The molecular weight excluding hydrogens is 489 g/mol. The minimum Gasteiger partial charge on any atom is -0.350 e. The number of carbonyl (C=O) groups is 1. The van der Waals surface area contributed by atoms with E-state index in [1.54, 1.807) is 54.7 Å². The zero-order chi connectivity index (χ0) is 24.9. The van der Waals surface area contributed by atoms with Crippen molar-refractivity contribution >= 4 is 29.1 Å². The number of nitrogens with one attached hydrogen (secondary N) is 1. The zero-order valence-corrected chi connectivity index (χ0v) is 20.3. The average Bonchev–Trinajstić information content (AvgIpc) is 2.85. The number of pyridine rings is 1. The number of nitrogens with zero attached hydrogens (tertiary/aromatic N) is 4. The summed E-state index contributed by atoms with van der Waals surface area (Å²) in [6.07, 6.45) is 2.13. The molecule has 2 aromatic carbocycles. The highest BCUT2D eigenvalue weighted by Gasteiger charge is 2.21. The first-order valence-electron chi connectivity index (χ1n) is 10.8. The lowest BCUT2D eigenvalue weighted by Crippen LogP contribution is -2.46. The van der Waals surface area contributed by atoms with Gasteiger partial charge >= 0.3 is 5.69 Å². The van der Waals surface area contributed by atoms with Crippen molar-refractivity contribution in [3.8, 4) is 5.69 Å². The van der Waals surface area contributed by atoms with Gasteiger partial charge in [-0.25, -0.2) is 4.79 Å². The Balaban J connectivity index is 1.75. The summed E-state index contributed by atoms with van der Waals surface area (Å²) < 4.78 is 1.94. The summed E-state index contributed by atoms with van der Waals surface area (Å²) >= 11 is 12.5. The highest BCUT2D eigenvalue weighted by atomic mass is 35.5. The van der Waals surface area contributed by atoms with E-state index in [1.807, 2.05) is 19.1 Å². The molecule has 10 heteroatoms. The molecule has 1 N–H and O–H groups in total. The zero-order valence-electron chi connectivity index (χ0n) is 18.7. The quantitative estimate of drug-likeness (QED) is 0.411. The fraction of sp³-hybridized carbons (Fsp3) is 0.160. The van der Waals surface area contributed by atoms with E-state index in [0.29, 0.717) is 27.7 Å². The smallest absolute Gasteiger partial charge is 0.350 e. The predicted octanol–water partition coefficient (Wildman–Crippen LogP) is 3.43. The Morgan fingerprint density at radius 2 is 1.77 bits per heavy atom. The van der Waals surface area contributed by atoms with E-state index in [9.17, 15) is 14.4 Å². The topological polar surface area (TPSA) is 98.9 Å². The molecule has 4 rings (SSSR count). The van der Waals surface area contributed by atoms with E-state index < -0.39 is 22.9 Å². The SMILES string of the molecule is Cc1ccc(-n2nc(C(=O)NCCc3ccccn3)c(=O)n(Cc3ccccc3Cl)c2=O)cc1Cl. The van der Waals surface area contributed by atoms with Gasteiger partial charge in [-0.2, -0.15) is 9.78 Å². The summed E-state index contributed by atoms with van der Waals surface area (Å²) in [5, 5.41) is 7.61. The van der Waals surface area contributed by atoms with Gasteiger partial charge in [0.1, 0.15) is 0 Å². The van der Waals surface area contributed by atoms with Crippen LogP contribution >= 0.6 is 23.2 Å². The monoisotopic (exact) mass is 509 g/mol. The van der Waals surface area contributed by atoms with E-state index in [-0.39, 0.29) is 13.1 Å². The maximum absolute atomic E-state index is 13.3. The van der Waals surface area contributed by atoms with Gasteiger partial charge in [0, 0.05) is 34.9 Å². The van der Waals surface area contributed by atoms with Gasteiger partial charge < -0.3 is 5.32 Å². The van der Waals surface area contributed by atoms with E-state index in [2.05, 4.69) is 15.4 Å². The van der Waals surface area contributed by atoms with Crippen LogP contribution in [0, 0.1) is 6.92 Å². The third-order valence-corrected chi connectivity index (χ3v) is 6.13. The molecule has 35 heavy (non-hydrogen) atoms. The number of halogens is 2. The average molecular weight is 510 g/mol. The lowest BCUT2D eigenvalue weighted by Gasteiger charge is -2.13. The first-order chi connectivity index (χ1) is 16.8. The summed E-state index contributed by atoms with van der Waals surface area (Å²) in [4.78, 5) is 43.7. The molecule has 178 valence electrons.